The normalized spacial score (nSPS) is 12.6. The average molecular weight is 921 g/mol. The lowest BCUT2D eigenvalue weighted by atomic mass is 10.0. The predicted octanol–water partition coefficient (Wildman–Crippen LogP) is 18.6. The lowest BCUT2D eigenvalue weighted by Crippen LogP contribution is -2.30. The number of hydrogen-bond acceptors (Lipinski definition) is 6. The molecule has 66 heavy (non-hydrogen) atoms. The Morgan fingerprint density at radius 1 is 0.333 bits per heavy atom. The fraction of sp³-hybridized carbons (Fsp3) is 0.750. The molecular formula is C60H104O6. The molecule has 0 saturated carbocycles. The molecule has 0 aliphatic rings. The van der Waals surface area contributed by atoms with Gasteiger partial charge in [-0.3, -0.25) is 14.4 Å². The molecule has 0 rings (SSSR count). The van der Waals surface area contributed by atoms with Gasteiger partial charge in [-0.05, 0) is 64.2 Å². The maximum Gasteiger partial charge on any atom is 0.306 e. The van der Waals surface area contributed by atoms with Crippen molar-refractivity contribution in [2.75, 3.05) is 13.2 Å². The van der Waals surface area contributed by atoms with E-state index in [-0.39, 0.29) is 31.1 Å². The van der Waals surface area contributed by atoms with Gasteiger partial charge in [0.05, 0.1) is 0 Å². The first kappa shape index (κ1) is 62.8. The van der Waals surface area contributed by atoms with Crippen molar-refractivity contribution in [3.05, 3.63) is 72.9 Å². The lowest BCUT2D eigenvalue weighted by Gasteiger charge is -2.18. The molecule has 0 spiro atoms. The highest BCUT2D eigenvalue weighted by atomic mass is 16.6. The molecule has 0 aliphatic heterocycles. The average Bonchev–Trinajstić information content (AvgIpc) is 3.31. The van der Waals surface area contributed by atoms with Crippen LogP contribution < -0.4 is 0 Å². The van der Waals surface area contributed by atoms with Crippen LogP contribution in [-0.2, 0) is 28.6 Å². The van der Waals surface area contributed by atoms with Crippen molar-refractivity contribution in [2.24, 2.45) is 0 Å². The van der Waals surface area contributed by atoms with Crippen LogP contribution in [0, 0.1) is 0 Å². The Morgan fingerprint density at radius 3 is 1.09 bits per heavy atom. The quantitative estimate of drug-likeness (QED) is 0.0199. The van der Waals surface area contributed by atoms with Crippen molar-refractivity contribution in [2.45, 2.75) is 277 Å². The summed E-state index contributed by atoms with van der Waals surface area (Å²) in [5.41, 5.74) is 0. The van der Waals surface area contributed by atoms with E-state index in [1.807, 2.05) is 18.2 Å². The molecule has 0 aromatic carbocycles. The van der Waals surface area contributed by atoms with E-state index in [4.69, 9.17) is 14.2 Å². The number of ether oxygens (including phenoxy) is 3. The van der Waals surface area contributed by atoms with Gasteiger partial charge in [-0.2, -0.15) is 0 Å². The van der Waals surface area contributed by atoms with Gasteiger partial charge < -0.3 is 14.2 Å². The second-order valence-electron chi connectivity index (χ2n) is 18.5. The summed E-state index contributed by atoms with van der Waals surface area (Å²) in [4.78, 5) is 38.1. The minimum Gasteiger partial charge on any atom is -0.462 e. The van der Waals surface area contributed by atoms with Gasteiger partial charge in [0.15, 0.2) is 6.10 Å². The number of allylic oxidation sites excluding steroid dienone is 12. The van der Waals surface area contributed by atoms with E-state index in [0.717, 1.165) is 103 Å². The van der Waals surface area contributed by atoms with Crippen LogP contribution in [0.15, 0.2) is 72.9 Å². The summed E-state index contributed by atoms with van der Waals surface area (Å²) < 4.78 is 16.8. The molecule has 0 bridgehead atoms. The minimum absolute atomic E-state index is 0.0857. The molecule has 1 atom stereocenters. The molecule has 0 aromatic rings. The third kappa shape index (κ3) is 51.8. The van der Waals surface area contributed by atoms with Gasteiger partial charge in [0, 0.05) is 19.3 Å². The fourth-order valence-corrected chi connectivity index (χ4v) is 7.90. The topological polar surface area (TPSA) is 78.9 Å². The van der Waals surface area contributed by atoms with Gasteiger partial charge in [-0.15, -0.1) is 0 Å². The Labute approximate surface area is 408 Å². The predicted molar refractivity (Wildman–Crippen MR) is 284 cm³/mol. The standard InChI is InChI=1S/C60H104O6/c1-4-7-10-13-16-19-22-25-28-29-30-31-33-35-38-41-44-47-50-53-59(62)65-56-57(55-64-58(61)52-49-46-43-40-37-34-27-24-21-18-15-12-9-6-3)66-60(63)54-51-48-45-42-39-36-32-26-23-20-17-14-11-8-5-2/h8-9,11-12,14,17-18,20-21,23,26,32,57H,4-7,10,13,15-16,19,22,24-25,27-31,33-56H2,1-3H3/b11-8-,12-9-,17-14-,21-18-,23-20-,32-26-. The first-order chi connectivity index (χ1) is 32.5. The summed E-state index contributed by atoms with van der Waals surface area (Å²) in [6.45, 7) is 6.39. The highest BCUT2D eigenvalue weighted by Gasteiger charge is 2.19. The van der Waals surface area contributed by atoms with E-state index in [1.165, 1.54) is 128 Å². The molecule has 0 aromatic heterocycles. The molecule has 0 amide bonds. The van der Waals surface area contributed by atoms with E-state index in [9.17, 15) is 14.4 Å². The zero-order valence-electron chi connectivity index (χ0n) is 43.4. The summed E-state index contributed by atoms with van der Waals surface area (Å²) in [5, 5.41) is 0. The first-order valence-electron chi connectivity index (χ1n) is 28.0. The third-order valence-corrected chi connectivity index (χ3v) is 12.1. The zero-order valence-corrected chi connectivity index (χ0v) is 43.4. The molecule has 380 valence electrons. The Hall–Kier alpha value is -3.15. The van der Waals surface area contributed by atoms with E-state index in [1.54, 1.807) is 0 Å². The summed E-state index contributed by atoms with van der Waals surface area (Å²) in [5.74, 6) is -0.909. The summed E-state index contributed by atoms with van der Waals surface area (Å²) >= 11 is 0. The summed E-state index contributed by atoms with van der Waals surface area (Å²) in [7, 11) is 0. The number of carbonyl (C=O) groups is 3. The molecule has 1 unspecified atom stereocenters. The maximum absolute atomic E-state index is 12.8. The smallest absolute Gasteiger partial charge is 0.306 e. The van der Waals surface area contributed by atoms with Gasteiger partial charge in [0.25, 0.3) is 0 Å². The number of unbranched alkanes of at least 4 members (excludes halogenated alkanes) is 30. The van der Waals surface area contributed by atoms with Crippen LogP contribution in [0.1, 0.15) is 271 Å². The zero-order chi connectivity index (χ0) is 47.9. The van der Waals surface area contributed by atoms with Crippen molar-refractivity contribution < 1.29 is 28.6 Å². The Bertz CT molecular complexity index is 1240. The highest BCUT2D eigenvalue weighted by Crippen LogP contribution is 2.16. The Morgan fingerprint density at radius 2 is 0.667 bits per heavy atom. The number of rotatable bonds is 50. The first-order valence-corrected chi connectivity index (χ1v) is 28.0. The Kier molecular flexibility index (Phi) is 51.9. The van der Waals surface area contributed by atoms with Crippen LogP contribution in [-0.4, -0.2) is 37.2 Å². The van der Waals surface area contributed by atoms with Crippen molar-refractivity contribution in [1.29, 1.82) is 0 Å². The van der Waals surface area contributed by atoms with Gasteiger partial charge in [0.1, 0.15) is 13.2 Å². The van der Waals surface area contributed by atoms with Gasteiger partial charge in [-0.1, -0.05) is 261 Å². The summed E-state index contributed by atoms with van der Waals surface area (Å²) in [6.07, 6.45) is 68.9. The number of carbonyl (C=O) groups excluding carboxylic acids is 3. The molecule has 0 N–H and O–H groups in total. The van der Waals surface area contributed by atoms with Gasteiger partial charge >= 0.3 is 17.9 Å². The molecule has 0 fully saturated rings. The van der Waals surface area contributed by atoms with Crippen LogP contribution in [0.5, 0.6) is 0 Å². The minimum atomic E-state index is -0.790. The SMILES string of the molecule is CC\C=C/C=C\C=C/C=C\CCCCCCCC(=O)OC(COC(=O)CCCCCCCCC/C=C\C/C=C\CC)COC(=O)CCCCCCCCCCCCCCCCCCCCC. The van der Waals surface area contributed by atoms with Crippen molar-refractivity contribution in [1.82, 2.24) is 0 Å². The van der Waals surface area contributed by atoms with Crippen molar-refractivity contribution >= 4 is 17.9 Å². The van der Waals surface area contributed by atoms with Gasteiger partial charge in [-0.25, -0.2) is 0 Å². The van der Waals surface area contributed by atoms with Crippen LogP contribution in [0.3, 0.4) is 0 Å². The van der Waals surface area contributed by atoms with Crippen LogP contribution in [0.2, 0.25) is 0 Å². The monoisotopic (exact) mass is 921 g/mol. The maximum atomic E-state index is 12.8. The van der Waals surface area contributed by atoms with E-state index >= 15 is 0 Å². The molecule has 0 saturated heterocycles. The lowest BCUT2D eigenvalue weighted by molar-refractivity contribution is -0.167. The molecule has 0 radical (unpaired) electrons. The van der Waals surface area contributed by atoms with Crippen LogP contribution in [0.25, 0.3) is 0 Å². The number of esters is 3. The highest BCUT2D eigenvalue weighted by molar-refractivity contribution is 5.71. The molecule has 6 nitrogen and oxygen atoms in total. The van der Waals surface area contributed by atoms with Crippen molar-refractivity contribution in [3.8, 4) is 0 Å². The second kappa shape index (κ2) is 54.5. The summed E-state index contributed by atoms with van der Waals surface area (Å²) in [6, 6.07) is 0. The van der Waals surface area contributed by atoms with Crippen molar-refractivity contribution in [3.63, 3.8) is 0 Å². The fourth-order valence-electron chi connectivity index (χ4n) is 7.90. The molecule has 0 aliphatic carbocycles. The third-order valence-electron chi connectivity index (χ3n) is 12.1. The van der Waals surface area contributed by atoms with E-state index in [0.29, 0.717) is 19.3 Å². The van der Waals surface area contributed by atoms with Crippen LogP contribution in [0.4, 0.5) is 0 Å². The van der Waals surface area contributed by atoms with E-state index < -0.39 is 6.10 Å². The second-order valence-corrected chi connectivity index (χ2v) is 18.5. The Balaban J connectivity index is 4.37. The number of hydrogen-bond donors (Lipinski definition) is 0. The van der Waals surface area contributed by atoms with Gasteiger partial charge in [0.2, 0.25) is 0 Å². The molecule has 0 heterocycles. The molecule has 6 heteroatoms. The van der Waals surface area contributed by atoms with Crippen LogP contribution >= 0.6 is 0 Å². The molecular weight excluding hydrogens is 817 g/mol. The largest absolute Gasteiger partial charge is 0.462 e. The van der Waals surface area contributed by atoms with E-state index in [2.05, 4.69) is 75.5 Å².